The standard InChI is InChI=1S/C13H15BrO2S/c1-13(2,3)10-5-4-9(17-10)11(15)8-6-7-16-12(8)14/h4-7,11,15H,1-3H3. The van der Waals surface area contributed by atoms with Crippen LogP contribution in [0.15, 0.2) is 33.5 Å². The Bertz CT molecular complexity index is 507. The van der Waals surface area contributed by atoms with Gasteiger partial charge >= 0.3 is 0 Å². The number of furan rings is 1. The lowest BCUT2D eigenvalue weighted by Gasteiger charge is -2.15. The van der Waals surface area contributed by atoms with Crippen molar-refractivity contribution in [2.24, 2.45) is 0 Å². The number of rotatable bonds is 2. The van der Waals surface area contributed by atoms with Gasteiger partial charge in [-0.05, 0) is 39.5 Å². The summed E-state index contributed by atoms with van der Waals surface area (Å²) in [6.07, 6.45) is 0.949. The molecule has 4 heteroatoms. The molecule has 2 nitrogen and oxygen atoms in total. The highest BCUT2D eigenvalue weighted by Crippen LogP contribution is 2.36. The van der Waals surface area contributed by atoms with Crippen LogP contribution < -0.4 is 0 Å². The second-order valence-corrected chi connectivity index (χ2v) is 6.84. The molecule has 1 atom stereocenters. The number of thiophene rings is 1. The molecule has 0 aliphatic rings. The van der Waals surface area contributed by atoms with E-state index in [4.69, 9.17) is 4.42 Å². The minimum atomic E-state index is -0.621. The summed E-state index contributed by atoms with van der Waals surface area (Å²) in [6, 6.07) is 5.85. The molecule has 0 aliphatic heterocycles. The van der Waals surface area contributed by atoms with Gasteiger partial charge in [0.25, 0.3) is 0 Å². The van der Waals surface area contributed by atoms with Crippen molar-refractivity contribution >= 4 is 27.3 Å². The highest BCUT2D eigenvalue weighted by molar-refractivity contribution is 9.10. The first-order chi connectivity index (χ1) is 7.89. The molecular formula is C13H15BrO2S. The first-order valence-electron chi connectivity index (χ1n) is 5.41. The zero-order chi connectivity index (χ0) is 12.6. The van der Waals surface area contributed by atoms with E-state index in [1.54, 1.807) is 23.7 Å². The molecule has 0 bridgehead atoms. The van der Waals surface area contributed by atoms with E-state index in [0.29, 0.717) is 4.67 Å². The molecule has 0 saturated carbocycles. The lowest BCUT2D eigenvalue weighted by atomic mass is 9.95. The predicted octanol–water partition coefficient (Wildman–Crippen LogP) is 4.48. The van der Waals surface area contributed by atoms with Gasteiger partial charge in [0.05, 0.1) is 6.26 Å². The van der Waals surface area contributed by atoms with Gasteiger partial charge in [0.15, 0.2) is 4.67 Å². The van der Waals surface area contributed by atoms with E-state index in [0.717, 1.165) is 10.4 Å². The largest absolute Gasteiger partial charge is 0.457 e. The summed E-state index contributed by atoms with van der Waals surface area (Å²) in [7, 11) is 0. The maximum absolute atomic E-state index is 10.3. The predicted molar refractivity (Wildman–Crippen MR) is 73.5 cm³/mol. The Balaban J connectivity index is 2.30. The van der Waals surface area contributed by atoms with Crippen LogP contribution in [0.5, 0.6) is 0 Å². The molecule has 2 aromatic heterocycles. The molecule has 0 saturated heterocycles. The highest BCUT2D eigenvalue weighted by Gasteiger charge is 2.21. The fourth-order valence-corrected chi connectivity index (χ4v) is 3.08. The Hall–Kier alpha value is -0.580. The molecule has 0 radical (unpaired) electrons. The average Bonchev–Trinajstić information content (AvgIpc) is 2.83. The lowest BCUT2D eigenvalue weighted by molar-refractivity contribution is 0.222. The van der Waals surface area contributed by atoms with Crippen molar-refractivity contribution in [3.63, 3.8) is 0 Å². The second-order valence-electron chi connectivity index (χ2n) is 5.00. The molecule has 0 aromatic carbocycles. The minimum Gasteiger partial charge on any atom is -0.457 e. The molecule has 2 rings (SSSR count). The Labute approximate surface area is 113 Å². The number of halogens is 1. The van der Waals surface area contributed by atoms with Crippen molar-refractivity contribution in [2.45, 2.75) is 32.3 Å². The van der Waals surface area contributed by atoms with Gasteiger partial charge in [0.1, 0.15) is 6.10 Å². The smallest absolute Gasteiger partial charge is 0.175 e. The van der Waals surface area contributed by atoms with Crippen molar-refractivity contribution in [2.75, 3.05) is 0 Å². The van der Waals surface area contributed by atoms with E-state index in [9.17, 15) is 5.11 Å². The molecule has 17 heavy (non-hydrogen) atoms. The molecule has 0 fully saturated rings. The monoisotopic (exact) mass is 314 g/mol. The third-order valence-corrected chi connectivity index (χ3v) is 4.78. The molecule has 0 aliphatic carbocycles. The first kappa shape index (κ1) is 12.9. The van der Waals surface area contributed by atoms with Crippen LogP contribution in [0.1, 0.15) is 42.2 Å². The van der Waals surface area contributed by atoms with Gasteiger partial charge in [-0.1, -0.05) is 20.8 Å². The Morgan fingerprint density at radius 1 is 1.29 bits per heavy atom. The van der Waals surface area contributed by atoms with Gasteiger partial charge in [-0.25, -0.2) is 0 Å². The van der Waals surface area contributed by atoms with Crippen LogP contribution in [0.4, 0.5) is 0 Å². The van der Waals surface area contributed by atoms with Gasteiger partial charge in [0.2, 0.25) is 0 Å². The van der Waals surface area contributed by atoms with Gasteiger partial charge in [0, 0.05) is 15.3 Å². The summed E-state index contributed by atoms with van der Waals surface area (Å²) in [5.74, 6) is 0. The third-order valence-electron chi connectivity index (χ3n) is 2.58. The normalized spacial score (nSPS) is 13.9. The van der Waals surface area contributed by atoms with Crippen LogP contribution in [0.25, 0.3) is 0 Å². The minimum absolute atomic E-state index is 0.121. The highest BCUT2D eigenvalue weighted by atomic mass is 79.9. The summed E-state index contributed by atoms with van der Waals surface area (Å²) in [5, 5.41) is 10.3. The topological polar surface area (TPSA) is 33.4 Å². The van der Waals surface area contributed by atoms with Crippen LogP contribution in [-0.4, -0.2) is 5.11 Å². The summed E-state index contributed by atoms with van der Waals surface area (Å²) in [5.41, 5.74) is 0.892. The number of hydrogen-bond donors (Lipinski definition) is 1. The molecule has 2 heterocycles. The Morgan fingerprint density at radius 3 is 2.47 bits per heavy atom. The third kappa shape index (κ3) is 2.64. The van der Waals surface area contributed by atoms with Gasteiger partial charge in [-0.2, -0.15) is 0 Å². The summed E-state index contributed by atoms with van der Waals surface area (Å²) < 4.78 is 5.74. The number of aliphatic hydroxyl groups is 1. The SMILES string of the molecule is CC(C)(C)c1ccc(C(O)c2ccoc2Br)s1. The van der Waals surface area contributed by atoms with Crippen molar-refractivity contribution in [3.8, 4) is 0 Å². The molecular weight excluding hydrogens is 300 g/mol. The van der Waals surface area contributed by atoms with E-state index >= 15 is 0 Å². The summed E-state index contributed by atoms with van der Waals surface area (Å²) in [4.78, 5) is 2.21. The zero-order valence-corrected chi connectivity index (χ0v) is 12.4. The maximum Gasteiger partial charge on any atom is 0.175 e. The lowest BCUT2D eigenvalue weighted by Crippen LogP contribution is -2.07. The van der Waals surface area contributed by atoms with Crippen LogP contribution in [0.2, 0.25) is 0 Å². The van der Waals surface area contributed by atoms with Crippen LogP contribution >= 0.6 is 27.3 Å². The second kappa shape index (κ2) is 4.59. The number of aliphatic hydroxyl groups excluding tert-OH is 1. The Morgan fingerprint density at radius 2 is 2.00 bits per heavy atom. The average molecular weight is 315 g/mol. The van der Waals surface area contributed by atoms with E-state index in [1.165, 1.54) is 4.88 Å². The van der Waals surface area contributed by atoms with Crippen LogP contribution in [-0.2, 0) is 5.41 Å². The molecule has 0 spiro atoms. The fraction of sp³-hybridized carbons (Fsp3) is 0.385. The molecule has 2 aromatic rings. The van der Waals surface area contributed by atoms with Gasteiger partial charge in [-0.15, -0.1) is 11.3 Å². The van der Waals surface area contributed by atoms with E-state index < -0.39 is 6.10 Å². The van der Waals surface area contributed by atoms with Crippen molar-refractivity contribution < 1.29 is 9.52 Å². The summed E-state index contributed by atoms with van der Waals surface area (Å²) >= 11 is 4.93. The van der Waals surface area contributed by atoms with Crippen LogP contribution in [0.3, 0.4) is 0 Å². The molecule has 1 unspecified atom stereocenters. The number of hydrogen-bond acceptors (Lipinski definition) is 3. The fourth-order valence-electron chi connectivity index (χ4n) is 1.56. The van der Waals surface area contributed by atoms with Crippen molar-refractivity contribution in [1.29, 1.82) is 0 Å². The van der Waals surface area contributed by atoms with Crippen LogP contribution in [0, 0.1) is 0 Å². The Kier molecular flexibility index (Phi) is 3.48. The molecule has 0 amide bonds. The van der Waals surface area contributed by atoms with E-state index in [-0.39, 0.29) is 5.41 Å². The van der Waals surface area contributed by atoms with Crippen molar-refractivity contribution in [1.82, 2.24) is 0 Å². The van der Waals surface area contributed by atoms with E-state index in [2.05, 4.69) is 42.8 Å². The maximum atomic E-state index is 10.3. The van der Waals surface area contributed by atoms with Gasteiger partial charge < -0.3 is 9.52 Å². The van der Waals surface area contributed by atoms with E-state index in [1.807, 2.05) is 6.07 Å². The molecule has 92 valence electrons. The molecule has 1 N–H and O–H groups in total. The van der Waals surface area contributed by atoms with Crippen molar-refractivity contribution in [3.05, 3.63) is 44.4 Å². The first-order valence-corrected chi connectivity index (χ1v) is 7.01. The van der Waals surface area contributed by atoms with Gasteiger partial charge in [-0.3, -0.25) is 0 Å². The summed E-state index contributed by atoms with van der Waals surface area (Å²) in [6.45, 7) is 6.51. The quantitative estimate of drug-likeness (QED) is 0.886. The zero-order valence-electron chi connectivity index (χ0n) is 10.0.